The number of benzene rings is 1. The molecule has 0 spiro atoms. The monoisotopic (exact) mass is 305 g/mol. The second-order valence-corrected chi connectivity index (χ2v) is 6.89. The van der Waals surface area contributed by atoms with Crippen molar-refractivity contribution in [3.8, 4) is 0 Å². The van der Waals surface area contributed by atoms with Gasteiger partial charge in [0.15, 0.2) is 0 Å². The summed E-state index contributed by atoms with van der Waals surface area (Å²) in [6.07, 6.45) is 3.79. The van der Waals surface area contributed by atoms with Gasteiger partial charge < -0.3 is 0 Å². The summed E-state index contributed by atoms with van der Waals surface area (Å²) in [6, 6.07) is 3.30. The molecule has 1 aromatic rings. The molecule has 0 aromatic heterocycles. The van der Waals surface area contributed by atoms with E-state index in [-0.39, 0.29) is 0 Å². The highest BCUT2D eigenvalue weighted by Gasteiger charge is 2.21. The van der Waals surface area contributed by atoms with E-state index in [1.54, 1.807) is 0 Å². The molecule has 0 amide bonds. The molecule has 0 N–H and O–H groups in total. The molecule has 1 heterocycles. The lowest BCUT2D eigenvalue weighted by Crippen LogP contribution is -2.04. The molecule has 2 rings (SSSR count). The predicted octanol–water partition coefficient (Wildman–Crippen LogP) is 4.60. The van der Waals surface area contributed by atoms with E-state index >= 15 is 0 Å². The Hall–Kier alpha value is 0.970. The Kier molecular flexibility index (Phi) is 4.81. The van der Waals surface area contributed by atoms with Gasteiger partial charge in [0.05, 0.1) is 0 Å². The maximum atomic E-state index is 4.53. The van der Waals surface area contributed by atoms with Gasteiger partial charge in [-0.1, -0.05) is 6.42 Å². The van der Waals surface area contributed by atoms with E-state index in [4.69, 9.17) is 0 Å². The largest absolute Gasteiger partial charge is 0.154 e. The first-order chi connectivity index (χ1) is 7.61. The van der Waals surface area contributed by atoms with Gasteiger partial charge in [-0.25, -0.2) is 0 Å². The van der Waals surface area contributed by atoms with Crippen molar-refractivity contribution in [3.05, 3.63) is 11.6 Å². The van der Waals surface area contributed by atoms with Gasteiger partial charge >= 0.3 is 0 Å². The molecule has 1 aliphatic heterocycles. The maximum Gasteiger partial charge on any atom is 0.0326 e. The summed E-state index contributed by atoms with van der Waals surface area (Å²) in [7, 11) is 0. The number of thioether (sulfide) groups is 1. The van der Waals surface area contributed by atoms with Crippen LogP contribution in [0, 0.1) is 6.07 Å². The third kappa shape index (κ3) is 2.69. The zero-order valence-electron chi connectivity index (χ0n) is 8.60. The van der Waals surface area contributed by atoms with Crippen LogP contribution < -0.4 is 0 Å². The highest BCUT2D eigenvalue weighted by Crippen LogP contribution is 2.44. The average Bonchev–Trinajstić information content (AvgIpc) is 2.32. The molecule has 0 aliphatic carbocycles. The number of rotatable bonds is 1. The topological polar surface area (TPSA) is 0 Å². The fourth-order valence-corrected chi connectivity index (χ4v) is 4.35. The van der Waals surface area contributed by atoms with Crippen molar-refractivity contribution < 1.29 is 0 Å². The molecule has 1 radical (unpaired) electrons. The fourth-order valence-electron chi connectivity index (χ4n) is 1.80. The minimum absolute atomic E-state index is 0.493. The minimum atomic E-state index is 0.493. The summed E-state index contributed by atoms with van der Waals surface area (Å²) in [4.78, 5) is 3.26. The lowest BCUT2D eigenvalue weighted by atomic mass is 10.1. The third-order valence-electron chi connectivity index (χ3n) is 2.68. The third-order valence-corrected chi connectivity index (χ3v) is 6.30. The lowest BCUT2D eigenvalue weighted by Gasteiger charge is -2.24. The van der Waals surface area contributed by atoms with Crippen LogP contribution in [-0.2, 0) is 0 Å². The summed E-state index contributed by atoms with van der Waals surface area (Å²) in [5.41, 5.74) is 1.14. The van der Waals surface area contributed by atoms with E-state index in [1.807, 2.05) is 11.8 Å². The quantitative estimate of drug-likeness (QED) is 0.550. The predicted molar refractivity (Wildman–Crippen MR) is 83.3 cm³/mol. The van der Waals surface area contributed by atoms with Crippen LogP contribution in [0.2, 0.25) is 0 Å². The van der Waals surface area contributed by atoms with Gasteiger partial charge in [0.1, 0.15) is 0 Å². The van der Waals surface area contributed by atoms with E-state index in [2.05, 4.69) is 56.6 Å². The maximum absolute atomic E-state index is 4.53. The Labute approximate surface area is 123 Å². The molecule has 1 aromatic carbocycles. The Morgan fingerprint density at radius 2 is 1.75 bits per heavy atom. The van der Waals surface area contributed by atoms with Gasteiger partial charge in [-0.3, -0.25) is 0 Å². The van der Waals surface area contributed by atoms with Crippen molar-refractivity contribution in [2.45, 2.75) is 44.1 Å². The molecular weight excluding hydrogens is 292 g/mol. The summed E-state index contributed by atoms with van der Waals surface area (Å²) in [5.74, 6) is 1.22. The Morgan fingerprint density at radius 1 is 1.00 bits per heavy atom. The Morgan fingerprint density at radius 3 is 2.38 bits per heavy atom. The number of thiol groups is 4. The van der Waals surface area contributed by atoms with Crippen molar-refractivity contribution in [1.29, 1.82) is 0 Å². The molecule has 16 heavy (non-hydrogen) atoms. The van der Waals surface area contributed by atoms with Crippen LogP contribution in [0.4, 0.5) is 0 Å². The summed E-state index contributed by atoms with van der Waals surface area (Å²) in [6.45, 7) is 0. The fraction of sp³-hybridized carbons (Fsp3) is 0.455. The van der Waals surface area contributed by atoms with Gasteiger partial charge in [-0.05, 0) is 24.2 Å². The van der Waals surface area contributed by atoms with E-state index < -0.39 is 0 Å². The van der Waals surface area contributed by atoms with Crippen LogP contribution in [0.15, 0.2) is 19.6 Å². The highest BCUT2D eigenvalue weighted by atomic mass is 32.2. The molecule has 0 saturated carbocycles. The highest BCUT2D eigenvalue weighted by molar-refractivity contribution is 7.99. The van der Waals surface area contributed by atoms with E-state index in [0.29, 0.717) is 5.25 Å². The van der Waals surface area contributed by atoms with Gasteiger partial charge in [-0.15, -0.1) is 50.5 Å². The normalized spacial score (nSPS) is 21.1. The Balaban J connectivity index is 2.40. The zero-order chi connectivity index (χ0) is 11.7. The molecule has 87 valence electrons. The standard InChI is InChI=1S/C11H13S5/c12-7-5-6(8-3-1-2-4-16-8)9(13)11(15)10(7)14/h8,12-15H,1-4H2. The number of hydrogen-bond acceptors (Lipinski definition) is 5. The molecule has 0 nitrogen and oxygen atoms in total. The van der Waals surface area contributed by atoms with E-state index in [0.717, 1.165) is 25.1 Å². The summed E-state index contributed by atoms with van der Waals surface area (Å²) in [5, 5.41) is 0.493. The molecular formula is C11H13S5. The second-order valence-electron chi connectivity index (χ2n) is 3.79. The van der Waals surface area contributed by atoms with Crippen LogP contribution in [0.1, 0.15) is 30.1 Å². The molecule has 5 heteroatoms. The van der Waals surface area contributed by atoms with Crippen molar-refractivity contribution in [2.75, 3.05) is 5.75 Å². The first kappa shape index (κ1) is 13.4. The van der Waals surface area contributed by atoms with Gasteiger partial charge in [0.2, 0.25) is 0 Å². The second kappa shape index (κ2) is 5.74. The van der Waals surface area contributed by atoms with Crippen molar-refractivity contribution in [2.24, 2.45) is 0 Å². The van der Waals surface area contributed by atoms with Crippen molar-refractivity contribution >= 4 is 62.3 Å². The van der Waals surface area contributed by atoms with Crippen LogP contribution >= 0.6 is 62.3 Å². The zero-order valence-corrected chi connectivity index (χ0v) is 13.0. The molecule has 1 aliphatic rings. The van der Waals surface area contributed by atoms with E-state index in [9.17, 15) is 0 Å². The Bertz CT molecular complexity index is 396. The summed E-state index contributed by atoms with van der Waals surface area (Å²) >= 11 is 19.7. The average molecular weight is 306 g/mol. The molecule has 1 saturated heterocycles. The van der Waals surface area contributed by atoms with Crippen molar-refractivity contribution in [3.63, 3.8) is 0 Å². The molecule has 1 fully saturated rings. The van der Waals surface area contributed by atoms with Crippen LogP contribution in [0.25, 0.3) is 0 Å². The first-order valence-electron chi connectivity index (χ1n) is 5.12. The summed E-state index contributed by atoms with van der Waals surface area (Å²) < 4.78 is 0. The van der Waals surface area contributed by atoms with Crippen LogP contribution in [0.3, 0.4) is 0 Å². The smallest absolute Gasteiger partial charge is 0.0326 e. The SMILES string of the molecule is Sc1[c]c(C2CCCCS2)c(S)c(S)c1S. The number of hydrogen-bond donors (Lipinski definition) is 4. The first-order valence-corrected chi connectivity index (χ1v) is 7.95. The van der Waals surface area contributed by atoms with E-state index in [1.165, 1.54) is 25.0 Å². The molecule has 0 bridgehead atoms. The minimum Gasteiger partial charge on any atom is -0.154 e. The molecule has 1 atom stereocenters. The lowest BCUT2D eigenvalue weighted by molar-refractivity contribution is 0.674. The van der Waals surface area contributed by atoms with Crippen molar-refractivity contribution in [1.82, 2.24) is 0 Å². The van der Waals surface area contributed by atoms with Crippen LogP contribution in [-0.4, -0.2) is 5.75 Å². The van der Waals surface area contributed by atoms with Crippen LogP contribution in [0.5, 0.6) is 0 Å². The van der Waals surface area contributed by atoms with Gasteiger partial charge in [0, 0.05) is 30.9 Å². The van der Waals surface area contributed by atoms with Gasteiger partial charge in [0.25, 0.3) is 0 Å². The van der Waals surface area contributed by atoms with Gasteiger partial charge in [-0.2, -0.15) is 11.8 Å². The molecule has 1 unspecified atom stereocenters.